The molecule has 1 heterocycles. The number of methoxy groups -OCH3 is 2. The number of hydrogen-bond donors (Lipinski definition) is 1. The molecule has 0 aliphatic rings. The summed E-state index contributed by atoms with van der Waals surface area (Å²) in [5, 5.41) is 0.611. The van der Waals surface area contributed by atoms with Crippen LogP contribution in [0.2, 0.25) is 0 Å². The van der Waals surface area contributed by atoms with E-state index in [0.29, 0.717) is 16.9 Å². The van der Waals surface area contributed by atoms with Crippen LogP contribution in [-0.4, -0.2) is 19.2 Å². The first-order valence-corrected chi connectivity index (χ1v) is 5.47. The summed E-state index contributed by atoms with van der Waals surface area (Å²) in [4.78, 5) is 15.1. The molecule has 2 rings (SSSR count). The normalized spacial score (nSPS) is 10.5. The largest absolute Gasteiger partial charge is 0.493 e. The Bertz CT molecular complexity index is 601. The van der Waals surface area contributed by atoms with E-state index in [1.54, 1.807) is 32.4 Å². The molecule has 0 saturated carbocycles. The number of aryl methyl sites for hydroxylation is 1. The topological polar surface area (TPSA) is 51.3 Å². The lowest BCUT2D eigenvalue weighted by Crippen LogP contribution is -2.05. The fraction of sp³-hybridized carbons (Fsp3) is 0.308. The highest BCUT2D eigenvalue weighted by atomic mass is 16.5. The van der Waals surface area contributed by atoms with Crippen molar-refractivity contribution in [3.05, 3.63) is 34.1 Å². The van der Waals surface area contributed by atoms with E-state index in [1.165, 1.54) is 0 Å². The van der Waals surface area contributed by atoms with E-state index in [0.717, 1.165) is 17.6 Å². The minimum atomic E-state index is -0.00319. The Morgan fingerprint density at radius 3 is 2.35 bits per heavy atom. The average molecular weight is 233 g/mol. The highest BCUT2D eigenvalue weighted by Gasteiger charge is 2.09. The molecule has 0 unspecified atom stereocenters. The first kappa shape index (κ1) is 11.5. The van der Waals surface area contributed by atoms with E-state index >= 15 is 0 Å². The third-order valence-corrected chi connectivity index (χ3v) is 2.77. The lowest BCUT2D eigenvalue weighted by Gasteiger charge is -2.09. The van der Waals surface area contributed by atoms with E-state index in [9.17, 15) is 4.79 Å². The molecular weight excluding hydrogens is 218 g/mol. The summed E-state index contributed by atoms with van der Waals surface area (Å²) in [5.41, 5.74) is 1.68. The Kier molecular flexibility index (Phi) is 3.04. The van der Waals surface area contributed by atoms with Crippen molar-refractivity contribution >= 4 is 10.9 Å². The summed E-state index contributed by atoms with van der Waals surface area (Å²) in [7, 11) is 3.13. The van der Waals surface area contributed by atoms with Gasteiger partial charge in [0.25, 0.3) is 0 Å². The SMILES string of the molecule is CCc1cc(=O)c2cc(OC)c(OC)cc2[nH]1. The van der Waals surface area contributed by atoms with Gasteiger partial charge in [-0.3, -0.25) is 4.79 Å². The van der Waals surface area contributed by atoms with Gasteiger partial charge in [-0.05, 0) is 12.5 Å². The van der Waals surface area contributed by atoms with Gasteiger partial charge in [-0.2, -0.15) is 0 Å². The summed E-state index contributed by atoms with van der Waals surface area (Å²) >= 11 is 0. The first-order chi connectivity index (χ1) is 8.19. The molecule has 1 aromatic carbocycles. The van der Waals surface area contributed by atoms with Crippen molar-refractivity contribution in [1.82, 2.24) is 4.98 Å². The number of H-pyrrole nitrogens is 1. The van der Waals surface area contributed by atoms with Crippen LogP contribution in [-0.2, 0) is 6.42 Å². The van der Waals surface area contributed by atoms with Crippen molar-refractivity contribution in [2.75, 3.05) is 14.2 Å². The van der Waals surface area contributed by atoms with Crippen LogP contribution in [0.3, 0.4) is 0 Å². The summed E-state index contributed by atoms with van der Waals surface area (Å²) in [5.74, 6) is 1.18. The lowest BCUT2D eigenvalue weighted by molar-refractivity contribution is 0.355. The third kappa shape index (κ3) is 1.98. The molecule has 0 amide bonds. The van der Waals surface area contributed by atoms with Crippen molar-refractivity contribution in [1.29, 1.82) is 0 Å². The molecule has 0 aliphatic heterocycles. The predicted octanol–water partition coefficient (Wildman–Crippen LogP) is 2.11. The van der Waals surface area contributed by atoms with E-state index in [1.807, 2.05) is 6.92 Å². The first-order valence-electron chi connectivity index (χ1n) is 5.47. The van der Waals surface area contributed by atoms with Gasteiger partial charge in [0, 0.05) is 23.2 Å². The zero-order valence-electron chi connectivity index (χ0n) is 10.2. The van der Waals surface area contributed by atoms with Gasteiger partial charge in [-0.15, -0.1) is 0 Å². The summed E-state index contributed by atoms with van der Waals surface area (Å²) < 4.78 is 10.4. The van der Waals surface area contributed by atoms with Crippen LogP contribution in [0.15, 0.2) is 23.0 Å². The number of aromatic nitrogens is 1. The maximum atomic E-state index is 11.9. The Hall–Kier alpha value is -1.97. The Morgan fingerprint density at radius 1 is 1.12 bits per heavy atom. The van der Waals surface area contributed by atoms with Crippen LogP contribution in [0.1, 0.15) is 12.6 Å². The van der Waals surface area contributed by atoms with Crippen molar-refractivity contribution < 1.29 is 9.47 Å². The van der Waals surface area contributed by atoms with Crippen molar-refractivity contribution in [2.24, 2.45) is 0 Å². The highest BCUT2D eigenvalue weighted by molar-refractivity contribution is 5.82. The summed E-state index contributed by atoms with van der Waals surface area (Å²) in [6.07, 6.45) is 0.791. The van der Waals surface area contributed by atoms with Crippen LogP contribution >= 0.6 is 0 Å². The van der Waals surface area contributed by atoms with Crippen molar-refractivity contribution in [2.45, 2.75) is 13.3 Å². The van der Waals surface area contributed by atoms with Gasteiger partial charge < -0.3 is 14.5 Å². The number of fused-ring (bicyclic) bond motifs is 1. The van der Waals surface area contributed by atoms with Gasteiger partial charge in [0.15, 0.2) is 16.9 Å². The van der Waals surface area contributed by atoms with Gasteiger partial charge in [-0.25, -0.2) is 0 Å². The molecule has 0 spiro atoms. The number of aromatic amines is 1. The van der Waals surface area contributed by atoms with Crippen molar-refractivity contribution in [3.8, 4) is 11.5 Å². The number of nitrogens with one attached hydrogen (secondary N) is 1. The minimum Gasteiger partial charge on any atom is -0.493 e. The summed E-state index contributed by atoms with van der Waals surface area (Å²) in [6, 6.07) is 5.11. The van der Waals surface area contributed by atoms with Gasteiger partial charge in [-0.1, -0.05) is 6.92 Å². The smallest absolute Gasteiger partial charge is 0.189 e. The fourth-order valence-corrected chi connectivity index (χ4v) is 1.82. The highest BCUT2D eigenvalue weighted by Crippen LogP contribution is 2.30. The van der Waals surface area contributed by atoms with E-state index in [4.69, 9.17) is 9.47 Å². The zero-order chi connectivity index (χ0) is 12.4. The van der Waals surface area contributed by atoms with E-state index in [2.05, 4.69) is 4.98 Å². The van der Waals surface area contributed by atoms with Gasteiger partial charge >= 0.3 is 0 Å². The number of pyridine rings is 1. The lowest BCUT2D eigenvalue weighted by atomic mass is 10.1. The Labute approximate surface area is 99.2 Å². The number of benzene rings is 1. The van der Waals surface area contributed by atoms with Crippen molar-refractivity contribution in [3.63, 3.8) is 0 Å². The van der Waals surface area contributed by atoms with Gasteiger partial charge in [0.05, 0.1) is 19.7 Å². The monoisotopic (exact) mass is 233 g/mol. The molecule has 0 fully saturated rings. The fourth-order valence-electron chi connectivity index (χ4n) is 1.82. The number of ether oxygens (including phenoxy) is 2. The molecule has 0 aliphatic carbocycles. The molecule has 0 bridgehead atoms. The second kappa shape index (κ2) is 4.49. The maximum Gasteiger partial charge on any atom is 0.189 e. The number of hydrogen-bond acceptors (Lipinski definition) is 3. The molecule has 0 saturated heterocycles. The van der Waals surface area contributed by atoms with Crippen LogP contribution in [0.25, 0.3) is 10.9 Å². The van der Waals surface area contributed by atoms with Gasteiger partial charge in [0.1, 0.15) is 0 Å². The van der Waals surface area contributed by atoms with Crippen LogP contribution < -0.4 is 14.9 Å². The van der Waals surface area contributed by atoms with Gasteiger partial charge in [0.2, 0.25) is 0 Å². The zero-order valence-corrected chi connectivity index (χ0v) is 10.2. The van der Waals surface area contributed by atoms with Crippen LogP contribution in [0.5, 0.6) is 11.5 Å². The molecule has 1 N–H and O–H groups in total. The van der Waals surface area contributed by atoms with Crippen LogP contribution in [0, 0.1) is 0 Å². The third-order valence-electron chi connectivity index (χ3n) is 2.77. The number of rotatable bonds is 3. The molecule has 4 heteroatoms. The molecule has 4 nitrogen and oxygen atoms in total. The molecule has 0 atom stereocenters. The Balaban J connectivity index is 2.78. The summed E-state index contributed by atoms with van der Waals surface area (Å²) in [6.45, 7) is 2.00. The molecular formula is C13H15NO3. The Morgan fingerprint density at radius 2 is 1.76 bits per heavy atom. The molecule has 2 aromatic rings. The quantitative estimate of drug-likeness (QED) is 0.883. The van der Waals surface area contributed by atoms with E-state index in [-0.39, 0.29) is 5.43 Å². The maximum absolute atomic E-state index is 11.9. The molecule has 0 radical (unpaired) electrons. The standard InChI is InChI=1S/C13H15NO3/c1-4-8-5-11(15)9-6-12(16-2)13(17-3)7-10(9)14-8/h5-7H,4H2,1-3H3,(H,14,15). The second-order valence-corrected chi connectivity index (χ2v) is 3.77. The van der Waals surface area contributed by atoms with Crippen LogP contribution in [0.4, 0.5) is 0 Å². The minimum absolute atomic E-state index is 0.00319. The second-order valence-electron chi connectivity index (χ2n) is 3.77. The average Bonchev–Trinajstić information content (AvgIpc) is 2.36. The predicted molar refractivity (Wildman–Crippen MR) is 67.1 cm³/mol. The molecule has 1 aromatic heterocycles. The molecule has 90 valence electrons. The van der Waals surface area contributed by atoms with E-state index < -0.39 is 0 Å². The molecule has 17 heavy (non-hydrogen) atoms.